The molecule has 0 saturated heterocycles. The molecule has 0 aromatic carbocycles. The Balaban J connectivity index is 5.24. The van der Waals surface area contributed by atoms with E-state index in [4.69, 9.17) is 8.27 Å². The lowest BCUT2D eigenvalue weighted by Gasteiger charge is -2.18. The van der Waals surface area contributed by atoms with Crippen molar-refractivity contribution in [3.05, 3.63) is 10.4 Å². The summed E-state index contributed by atoms with van der Waals surface area (Å²) < 4.78 is 104. The zero-order valence-electron chi connectivity index (χ0n) is 10.2. The minimum atomic E-state index is -5.66. The number of nitrogens with zero attached hydrogens (tertiary/aromatic N) is 3. The van der Waals surface area contributed by atoms with Crippen LogP contribution in [0.3, 0.4) is 0 Å². The van der Waals surface area contributed by atoms with E-state index in [-0.39, 0.29) is 0 Å². The molecule has 0 N–H and O–H groups in total. The van der Waals surface area contributed by atoms with Crippen LogP contribution in [0.4, 0.5) is 26.3 Å². The maximum absolute atomic E-state index is 11.9. The van der Waals surface area contributed by atoms with Gasteiger partial charge in [0, 0.05) is 7.65 Å². The van der Waals surface area contributed by atoms with Gasteiger partial charge >= 0.3 is 19.9 Å². The Morgan fingerprint density at radius 1 is 1.17 bits per heavy atom. The average molecular weight is 303 g/mol. The third-order valence-corrected chi connectivity index (χ3v) is 2.28. The fourth-order valence-corrected chi connectivity index (χ4v) is 1.46. The van der Waals surface area contributed by atoms with Crippen molar-refractivity contribution in [1.82, 2.24) is 0 Å². The van der Waals surface area contributed by atoms with Crippen molar-refractivity contribution in [3.8, 4) is 0 Å². The fourth-order valence-electron chi connectivity index (χ4n) is 0.486. The van der Waals surface area contributed by atoms with Crippen LogP contribution in [0.15, 0.2) is 5.11 Å². The first-order valence-electron chi connectivity index (χ1n) is 4.81. The van der Waals surface area contributed by atoms with Crippen LogP contribution in [-0.4, -0.2) is 31.8 Å². The minimum Gasteiger partial charge on any atom is -0.299 e. The Morgan fingerprint density at radius 2 is 1.56 bits per heavy atom. The third kappa shape index (κ3) is 9.11. The van der Waals surface area contributed by atoms with Gasteiger partial charge in [-0.15, -0.1) is 0 Å². The van der Waals surface area contributed by atoms with Crippen LogP contribution in [0.1, 0.15) is 2.74 Å². The molecule has 0 bridgehead atoms. The number of azide groups is 1. The Hall–Kier alpha value is -0.960. The highest BCUT2D eigenvalue weighted by molar-refractivity contribution is 7.53. The van der Waals surface area contributed by atoms with Gasteiger partial charge in [-0.1, -0.05) is 5.11 Å². The molecule has 0 heterocycles. The molecule has 6 nitrogen and oxygen atoms in total. The van der Waals surface area contributed by atoms with E-state index in [0.29, 0.717) is 0 Å². The molecular weight excluding hydrogens is 295 g/mol. The van der Waals surface area contributed by atoms with Crippen LogP contribution in [0, 0.1) is 0 Å². The normalized spacial score (nSPS) is 15.7. The Kier molecular flexibility index (Phi) is 4.70. The molecule has 18 heavy (non-hydrogen) atoms. The highest BCUT2D eigenvalue weighted by atomic mass is 31.2. The van der Waals surface area contributed by atoms with Crippen LogP contribution in [0.25, 0.3) is 10.4 Å². The summed E-state index contributed by atoms with van der Waals surface area (Å²) in [5, 5.41) is 2.20. The lowest BCUT2D eigenvalue weighted by atomic mass is 10.7. The van der Waals surface area contributed by atoms with Crippen LogP contribution < -0.4 is 0 Å². The van der Waals surface area contributed by atoms with E-state index in [1.165, 1.54) is 0 Å². The van der Waals surface area contributed by atoms with Crippen molar-refractivity contribution >= 4 is 7.60 Å². The number of hydrogen-bond donors (Lipinski definition) is 0. The monoisotopic (exact) mass is 303 g/mol. The summed E-state index contributed by atoms with van der Waals surface area (Å²) in [5.41, 5.74) is 7.96. The maximum atomic E-state index is 11.9. The van der Waals surface area contributed by atoms with Gasteiger partial charge < -0.3 is 0 Å². The second-order valence-corrected chi connectivity index (χ2v) is 4.28. The molecule has 106 valence electrons. The van der Waals surface area contributed by atoms with Gasteiger partial charge in [0.05, 0.1) is 0 Å². The largest absolute Gasteiger partial charge is 0.412 e. The molecule has 0 radical (unpaired) electrons. The van der Waals surface area contributed by atoms with E-state index in [1.807, 2.05) is 4.91 Å². The molecule has 0 aliphatic carbocycles. The van der Waals surface area contributed by atoms with Crippen LogP contribution in [0.2, 0.25) is 0 Å². The number of halogens is 6. The second-order valence-electron chi connectivity index (χ2n) is 2.56. The molecule has 0 aliphatic rings. The standard InChI is InChI=1S/C5H6F6N3O3P/c6-4(7,8)1-16-18(15,3-13-14-12)17-2-5(9,10)11/h1-3H2/i3D2. The van der Waals surface area contributed by atoms with E-state index in [0.717, 1.165) is 0 Å². The zero-order valence-corrected chi connectivity index (χ0v) is 9.09. The molecule has 0 aromatic rings. The van der Waals surface area contributed by atoms with E-state index in [9.17, 15) is 30.9 Å². The van der Waals surface area contributed by atoms with Gasteiger partial charge in [0.2, 0.25) is 0 Å². The van der Waals surface area contributed by atoms with Gasteiger partial charge in [-0.25, -0.2) is 0 Å². The lowest BCUT2D eigenvalue weighted by molar-refractivity contribution is -0.165. The van der Waals surface area contributed by atoms with Crippen molar-refractivity contribution in [2.24, 2.45) is 5.11 Å². The number of hydrogen-bond acceptors (Lipinski definition) is 4. The predicted octanol–water partition coefficient (Wildman–Crippen LogP) is 3.61. The molecule has 0 unspecified atom stereocenters. The molecule has 0 aliphatic heterocycles. The minimum absolute atomic E-state index is 1.82. The second kappa shape index (κ2) is 6.28. The summed E-state index contributed by atoms with van der Waals surface area (Å²) >= 11 is 0. The Labute approximate surface area is 98.8 Å². The smallest absolute Gasteiger partial charge is 0.299 e. The third-order valence-electron chi connectivity index (χ3n) is 1.01. The SMILES string of the molecule is [2H]C([2H])(N=[N+]=[N-])P(=O)(OCC(F)(F)F)OCC(F)(F)F. The lowest BCUT2D eigenvalue weighted by Crippen LogP contribution is -2.20. The van der Waals surface area contributed by atoms with Gasteiger partial charge in [0.25, 0.3) is 0 Å². The van der Waals surface area contributed by atoms with Gasteiger partial charge in [-0.05, 0) is 5.53 Å². The number of rotatable bonds is 6. The van der Waals surface area contributed by atoms with Crippen LogP contribution >= 0.6 is 7.60 Å². The van der Waals surface area contributed by atoms with E-state index in [1.54, 1.807) is 0 Å². The summed E-state index contributed by atoms with van der Waals surface area (Å²) in [6.07, 6.45) is -14.0. The van der Waals surface area contributed by atoms with E-state index >= 15 is 0 Å². The molecule has 0 rings (SSSR count). The highest BCUT2D eigenvalue weighted by Crippen LogP contribution is 2.50. The van der Waals surface area contributed by atoms with Crippen molar-refractivity contribution < 1.29 is 42.7 Å². The van der Waals surface area contributed by atoms with Crippen LogP contribution in [-0.2, 0) is 13.6 Å². The first-order chi connectivity index (χ1) is 8.72. The number of alkyl halides is 6. The summed E-state index contributed by atoms with van der Waals surface area (Å²) in [7, 11) is -5.66. The van der Waals surface area contributed by atoms with Gasteiger partial charge in [0.1, 0.15) is 6.24 Å². The molecule has 0 spiro atoms. The highest BCUT2D eigenvalue weighted by Gasteiger charge is 2.38. The topological polar surface area (TPSA) is 84.3 Å². The Morgan fingerprint density at radius 3 is 1.83 bits per heavy atom. The molecular formula is C5H6F6N3O3P. The fraction of sp³-hybridized carbons (Fsp3) is 1.00. The first kappa shape index (κ1) is 13.5. The maximum Gasteiger partial charge on any atom is 0.412 e. The molecule has 13 heteroatoms. The van der Waals surface area contributed by atoms with Gasteiger partial charge in [-0.3, -0.25) is 13.6 Å². The molecule has 0 fully saturated rings. The molecule has 0 aromatic heterocycles. The van der Waals surface area contributed by atoms with Crippen molar-refractivity contribution in [3.63, 3.8) is 0 Å². The van der Waals surface area contributed by atoms with E-state index < -0.39 is 39.4 Å². The quantitative estimate of drug-likeness (QED) is 0.247. The average Bonchev–Trinajstić information content (AvgIpc) is 2.21. The predicted molar refractivity (Wildman–Crippen MR) is 45.6 cm³/mol. The van der Waals surface area contributed by atoms with Crippen molar-refractivity contribution in [1.29, 1.82) is 0 Å². The Bertz CT molecular complexity index is 413. The summed E-state index contributed by atoms with van der Waals surface area (Å²) in [6.45, 7) is -4.69. The first-order valence-corrected chi connectivity index (χ1v) is 5.36. The summed E-state index contributed by atoms with van der Waals surface area (Å²) in [5.74, 6) is 0. The molecule has 0 saturated carbocycles. The van der Waals surface area contributed by atoms with Gasteiger partial charge in [0.15, 0.2) is 13.2 Å². The zero-order chi connectivity index (χ0) is 16.2. The molecule has 0 amide bonds. The van der Waals surface area contributed by atoms with E-state index in [2.05, 4.69) is 14.2 Å². The van der Waals surface area contributed by atoms with Gasteiger partial charge in [-0.2, -0.15) is 26.3 Å². The summed E-state index contributed by atoms with van der Waals surface area (Å²) in [4.78, 5) is 1.82. The van der Waals surface area contributed by atoms with Crippen molar-refractivity contribution in [2.45, 2.75) is 12.4 Å². The van der Waals surface area contributed by atoms with Crippen molar-refractivity contribution in [2.75, 3.05) is 19.5 Å². The molecule has 0 atom stereocenters. The summed E-state index contributed by atoms with van der Waals surface area (Å²) in [6, 6.07) is 0. The van der Waals surface area contributed by atoms with Crippen LogP contribution in [0.5, 0.6) is 0 Å².